The minimum atomic E-state index is 0.385. The summed E-state index contributed by atoms with van der Waals surface area (Å²) < 4.78 is 1.99. The first-order valence-corrected chi connectivity index (χ1v) is 7.49. The van der Waals surface area contributed by atoms with E-state index in [9.17, 15) is 0 Å². The van der Waals surface area contributed by atoms with E-state index in [1.165, 1.54) is 5.56 Å². The van der Waals surface area contributed by atoms with E-state index >= 15 is 0 Å². The number of benzene rings is 1. The third-order valence-corrected chi connectivity index (χ3v) is 4.13. The van der Waals surface area contributed by atoms with Gasteiger partial charge in [0.15, 0.2) is 0 Å². The van der Waals surface area contributed by atoms with Gasteiger partial charge in [0.25, 0.3) is 0 Å². The predicted molar refractivity (Wildman–Crippen MR) is 84.0 cm³/mol. The second kappa shape index (κ2) is 6.91. The molecule has 0 fully saturated rings. The van der Waals surface area contributed by atoms with Gasteiger partial charge >= 0.3 is 0 Å². The van der Waals surface area contributed by atoms with E-state index in [1.54, 1.807) is 0 Å². The maximum Gasteiger partial charge on any atom is 0.0847 e. The first kappa shape index (κ1) is 15.1. The molecule has 2 aromatic rings. The summed E-state index contributed by atoms with van der Waals surface area (Å²) in [6, 6.07) is 10.5. The van der Waals surface area contributed by atoms with Gasteiger partial charge < -0.3 is 5.73 Å². The third kappa shape index (κ3) is 3.41. The molecule has 3 nitrogen and oxygen atoms in total. The van der Waals surface area contributed by atoms with Crippen LogP contribution in [0.5, 0.6) is 0 Å². The molecule has 4 heteroatoms. The van der Waals surface area contributed by atoms with Crippen molar-refractivity contribution in [1.29, 1.82) is 0 Å². The summed E-state index contributed by atoms with van der Waals surface area (Å²) in [5.74, 6) is 0.385. The summed E-state index contributed by atoms with van der Waals surface area (Å²) in [7, 11) is 0. The second-order valence-corrected chi connectivity index (χ2v) is 5.54. The zero-order chi connectivity index (χ0) is 14.5. The Labute approximate surface area is 125 Å². The summed E-state index contributed by atoms with van der Waals surface area (Å²) in [6.07, 6.45) is 1.85. The SMILES string of the molecule is CCn1nc(C)c(Cl)c1CC(CN)Cc1ccccc1. The maximum absolute atomic E-state index is 6.37. The highest BCUT2D eigenvalue weighted by atomic mass is 35.5. The van der Waals surface area contributed by atoms with Crippen LogP contribution in [-0.2, 0) is 19.4 Å². The molecule has 0 spiro atoms. The Hall–Kier alpha value is -1.32. The molecule has 108 valence electrons. The van der Waals surface area contributed by atoms with Gasteiger partial charge in [-0.05, 0) is 44.7 Å². The van der Waals surface area contributed by atoms with Gasteiger partial charge in [0, 0.05) is 6.54 Å². The zero-order valence-electron chi connectivity index (χ0n) is 12.1. The fourth-order valence-electron chi connectivity index (χ4n) is 2.52. The molecule has 0 aliphatic rings. The van der Waals surface area contributed by atoms with Crippen molar-refractivity contribution in [3.63, 3.8) is 0 Å². The van der Waals surface area contributed by atoms with Crippen LogP contribution in [-0.4, -0.2) is 16.3 Å². The van der Waals surface area contributed by atoms with Crippen LogP contribution in [0.4, 0.5) is 0 Å². The third-order valence-electron chi connectivity index (χ3n) is 3.64. The molecule has 0 radical (unpaired) electrons. The largest absolute Gasteiger partial charge is 0.330 e. The van der Waals surface area contributed by atoms with Gasteiger partial charge in [0.05, 0.1) is 16.4 Å². The van der Waals surface area contributed by atoms with Gasteiger partial charge in [-0.15, -0.1) is 0 Å². The van der Waals surface area contributed by atoms with E-state index in [1.807, 2.05) is 17.7 Å². The molecule has 0 saturated heterocycles. The predicted octanol–water partition coefficient (Wildman–Crippen LogP) is 3.22. The summed E-state index contributed by atoms with van der Waals surface area (Å²) in [5, 5.41) is 5.26. The van der Waals surface area contributed by atoms with Gasteiger partial charge in [-0.1, -0.05) is 41.9 Å². The van der Waals surface area contributed by atoms with Crippen molar-refractivity contribution >= 4 is 11.6 Å². The number of aromatic nitrogens is 2. The van der Waals surface area contributed by atoms with Crippen LogP contribution in [0.15, 0.2) is 30.3 Å². The van der Waals surface area contributed by atoms with Gasteiger partial charge in [0.1, 0.15) is 0 Å². The number of hydrogen-bond donors (Lipinski definition) is 1. The molecule has 1 atom stereocenters. The fraction of sp³-hybridized carbons (Fsp3) is 0.438. The Balaban J connectivity index is 2.14. The zero-order valence-corrected chi connectivity index (χ0v) is 12.9. The standard InChI is InChI=1S/C16H22ClN3/c1-3-20-15(16(17)12(2)19-20)10-14(11-18)9-13-7-5-4-6-8-13/h4-8,14H,3,9-11,18H2,1-2H3. The molecule has 0 amide bonds. The molecule has 2 rings (SSSR count). The first-order chi connectivity index (χ1) is 9.65. The van der Waals surface area contributed by atoms with E-state index in [0.717, 1.165) is 35.8 Å². The fourth-order valence-corrected chi connectivity index (χ4v) is 2.74. The lowest BCUT2D eigenvalue weighted by molar-refractivity contribution is 0.499. The Morgan fingerprint density at radius 3 is 2.55 bits per heavy atom. The first-order valence-electron chi connectivity index (χ1n) is 7.11. The number of nitrogens with zero attached hydrogens (tertiary/aromatic N) is 2. The van der Waals surface area contributed by atoms with E-state index in [2.05, 4.69) is 36.3 Å². The summed E-state index contributed by atoms with van der Waals surface area (Å²) in [4.78, 5) is 0. The molecule has 0 saturated carbocycles. The van der Waals surface area contributed by atoms with Crippen LogP contribution in [0.1, 0.15) is 23.9 Å². The maximum atomic E-state index is 6.37. The highest BCUT2D eigenvalue weighted by Gasteiger charge is 2.17. The Kier molecular flexibility index (Phi) is 5.21. The van der Waals surface area contributed by atoms with Crippen molar-refractivity contribution in [1.82, 2.24) is 9.78 Å². The van der Waals surface area contributed by atoms with Crippen molar-refractivity contribution in [2.24, 2.45) is 11.7 Å². The minimum absolute atomic E-state index is 0.385. The Bertz CT molecular complexity index is 548. The molecule has 1 heterocycles. The monoisotopic (exact) mass is 291 g/mol. The van der Waals surface area contributed by atoms with E-state index in [0.29, 0.717) is 12.5 Å². The molecule has 0 bridgehead atoms. The lowest BCUT2D eigenvalue weighted by Crippen LogP contribution is -2.21. The van der Waals surface area contributed by atoms with Crippen molar-refractivity contribution in [3.8, 4) is 0 Å². The Morgan fingerprint density at radius 2 is 1.95 bits per heavy atom. The van der Waals surface area contributed by atoms with Gasteiger partial charge in [-0.2, -0.15) is 5.10 Å². The molecule has 1 aromatic carbocycles. The number of halogens is 1. The quantitative estimate of drug-likeness (QED) is 0.888. The molecule has 20 heavy (non-hydrogen) atoms. The van der Waals surface area contributed by atoms with E-state index < -0.39 is 0 Å². The summed E-state index contributed by atoms with van der Waals surface area (Å²) >= 11 is 6.37. The van der Waals surface area contributed by atoms with Crippen LogP contribution in [0.2, 0.25) is 5.02 Å². The lowest BCUT2D eigenvalue weighted by Gasteiger charge is -2.16. The van der Waals surface area contributed by atoms with E-state index in [4.69, 9.17) is 17.3 Å². The molecular weight excluding hydrogens is 270 g/mol. The van der Waals surface area contributed by atoms with Gasteiger partial charge in [-0.25, -0.2) is 0 Å². The molecule has 0 aliphatic heterocycles. The topological polar surface area (TPSA) is 43.8 Å². The van der Waals surface area contributed by atoms with Crippen LogP contribution in [0, 0.1) is 12.8 Å². The molecule has 1 unspecified atom stereocenters. The molecular formula is C16H22ClN3. The lowest BCUT2D eigenvalue weighted by atomic mass is 9.94. The van der Waals surface area contributed by atoms with Crippen molar-refractivity contribution < 1.29 is 0 Å². The smallest absolute Gasteiger partial charge is 0.0847 e. The highest BCUT2D eigenvalue weighted by Crippen LogP contribution is 2.24. The summed E-state index contributed by atoms with van der Waals surface area (Å²) in [5.41, 5.74) is 9.27. The van der Waals surface area contributed by atoms with Crippen LogP contribution in [0.3, 0.4) is 0 Å². The average molecular weight is 292 g/mol. The summed E-state index contributed by atoms with van der Waals surface area (Å²) in [6.45, 7) is 5.53. The average Bonchev–Trinajstić information content (AvgIpc) is 2.75. The molecule has 2 N–H and O–H groups in total. The van der Waals surface area contributed by atoms with E-state index in [-0.39, 0.29) is 0 Å². The molecule has 1 aromatic heterocycles. The number of nitrogens with two attached hydrogens (primary N) is 1. The van der Waals surface area contributed by atoms with Crippen LogP contribution >= 0.6 is 11.6 Å². The van der Waals surface area contributed by atoms with Crippen molar-refractivity contribution in [2.45, 2.75) is 33.2 Å². The number of rotatable bonds is 6. The second-order valence-electron chi connectivity index (χ2n) is 5.16. The van der Waals surface area contributed by atoms with Crippen LogP contribution in [0.25, 0.3) is 0 Å². The Morgan fingerprint density at radius 1 is 1.25 bits per heavy atom. The van der Waals surface area contributed by atoms with Crippen LogP contribution < -0.4 is 5.73 Å². The van der Waals surface area contributed by atoms with Gasteiger partial charge in [0.2, 0.25) is 0 Å². The van der Waals surface area contributed by atoms with Crippen molar-refractivity contribution in [2.75, 3.05) is 6.54 Å². The molecule has 0 aliphatic carbocycles. The number of aryl methyl sites for hydroxylation is 2. The normalized spacial score (nSPS) is 12.6. The van der Waals surface area contributed by atoms with Crippen molar-refractivity contribution in [3.05, 3.63) is 52.3 Å². The minimum Gasteiger partial charge on any atom is -0.330 e. The van der Waals surface area contributed by atoms with Gasteiger partial charge in [-0.3, -0.25) is 4.68 Å². The number of hydrogen-bond acceptors (Lipinski definition) is 2. The highest BCUT2D eigenvalue weighted by molar-refractivity contribution is 6.31.